The Balaban J connectivity index is 1.85. The number of amides is 1. The Morgan fingerprint density at radius 2 is 1.95 bits per heavy atom. The van der Waals surface area contributed by atoms with Crippen molar-refractivity contribution in [2.24, 2.45) is 0 Å². The minimum absolute atomic E-state index is 0.00821. The molecule has 4 nitrogen and oxygen atoms in total. The fourth-order valence-corrected chi connectivity index (χ4v) is 2.95. The average Bonchev–Trinajstić information content (AvgIpc) is 2.86. The molecular formula is C15H13NO3S. The molecule has 0 aliphatic carbocycles. The molecule has 5 heteroatoms. The van der Waals surface area contributed by atoms with Crippen LogP contribution in [0, 0.1) is 0 Å². The van der Waals surface area contributed by atoms with E-state index in [-0.39, 0.29) is 17.0 Å². The normalized spacial score (nSPS) is 17.8. The number of nitrogens with one attached hydrogen (secondary N) is 1. The second-order valence-electron chi connectivity index (χ2n) is 4.43. The highest BCUT2D eigenvalue weighted by molar-refractivity contribution is 8.00. The van der Waals surface area contributed by atoms with Crippen LogP contribution < -0.4 is 10.1 Å². The fourth-order valence-electron chi connectivity index (χ4n) is 2.01. The molecule has 1 heterocycles. The Bertz CT molecular complexity index is 630. The van der Waals surface area contributed by atoms with E-state index < -0.39 is 0 Å². The minimum atomic E-state index is -0.132. The molecule has 0 aromatic heterocycles. The number of phenols is 1. The van der Waals surface area contributed by atoms with Gasteiger partial charge in [-0.15, -0.1) is 11.8 Å². The summed E-state index contributed by atoms with van der Waals surface area (Å²) in [5.74, 6) is 1.82. The van der Waals surface area contributed by atoms with Crippen molar-refractivity contribution >= 4 is 17.7 Å². The molecule has 0 radical (unpaired) electrons. The molecule has 0 saturated carbocycles. The fraction of sp³-hybridized carbons (Fsp3) is 0.133. The molecule has 1 fully saturated rings. The number of para-hydroxylation sites is 1. The van der Waals surface area contributed by atoms with E-state index in [1.165, 1.54) is 11.8 Å². The van der Waals surface area contributed by atoms with Crippen LogP contribution in [0.3, 0.4) is 0 Å². The lowest BCUT2D eigenvalue weighted by atomic mass is 10.2. The maximum atomic E-state index is 11.3. The molecule has 1 saturated heterocycles. The maximum absolute atomic E-state index is 11.3. The SMILES string of the molecule is O=C1CSC(c2cc(O)cc(Oc3ccccc3)c2)N1. The molecule has 1 unspecified atom stereocenters. The summed E-state index contributed by atoms with van der Waals surface area (Å²) in [6, 6.07) is 14.4. The van der Waals surface area contributed by atoms with Crippen molar-refractivity contribution < 1.29 is 14.6 Å². The van der Waals surface area contributed by atoms with Gasteiger partial charge in [0.15, 0.2) is 0 Å². The summed E-state index contributed by atoms with van der Waals surface area (Å²) in [6.07, 6.45) is 0. The number of carbonyl (C=O) groups excluding carboxylic acids is 1. The van der Waals surface area contributed by atoms with Gasteiger partial charge in [-0.05, 0) is 29.8 Å². The Hall–Kier alpha value is -2.14. The number of hydrogen-bond donors (Lipinski definition) is 2. The maximum Gasteiger partial charge on any atom is 0.231 e. The van der Waals surface area contributed by atoms with Gasteiger partial charge in [0.2, 0.25) is 5.91 Å². The van der Waals surface area contributed by atoms with E-state index in [4.69, 9.17) is 4.74 Å². The lowest BCUT2D eigenvalue weighted by molar-refractivity contribution is -0.118. The molecule has 0 bridgehead atoms. The quantitative estimate of drug-likeness (QED) is 0.911. The van der Waals surface area contributed by atoms with Crippen LogP contribution in [-0.4, -0.2) is 16.8 Å². The molecule has 102 valence electrons. The molecular weight excluding hydrogens is 274 g/mol. The third-order valence-corrected chi connectivity index (χ3v) is 4.02. The molecule has 2 aromatic rings. The molecule has 1 atom stereocenters. The van der Waals surface area contributed by atoms with Crippen molar-refractivity contribution in [2.75, 3.05) is 5.75 Å². The second kappa shape index (κ2) is 5.46. The number of aromatic hydroxyl groups is 1. The third-order valence-electron chi connectivity index (χ3n) is 2.87. The Morgan fingerprint density at radius 3 is 2.65 bits per heavy atom. The first-order valence-corrected chi connectivity index (χ1v) is 7.23. The van der Waals surface area contributed by atoms with Crippen LogP contribution in [0.4, 0.5) is 0 Å². The van der Waals surface area contributed by atoms with Gasteiger partial charge in [-0.25, -0.2) is 0 Å². The zero-order valence-corrected chi connectivity index (χ0v) is 11.4. The number of rotatable bonds is 3. The summed E-state index contributed by atoms with van der Waals surface area (Å²) < 4.78 is 5.70. The van der Waals surface area contributed by atoms with E-state index in [9.17, 15) is 9.90 Å². The highest BCUT2D eigenvalue weighted by atomic mass is 32.2. The van der Waals surface area contributed by atoms with E-state index in [2.05, 4.69) is 5.32 Å². The van der Waals surface area contributed by atoms with Crippen LogP contribution in [0.15, 0.2) is 48.5 Å². The number of benzene rings is 2. The van der Waals surface area contributed by atoms with Crippen LogP contribution in [0.1, 0.15) is 10.9 Å². The predicted octanol–water partition coefficient (Wildman–Crippen LogP) is 3.05. The first kappa shape index (κ1) is 12.9. The summed E-state index contributed by atoms with van der Waals surface area (Å²) in [5.41, 5.74) is 0.826. The zero-order valence-electron chi connectivity index (χ0n) is 10.6. The molecule has 3 rings (SSSR count). The van der Waals surface area contributed by atoms with E-state index >= 15 is 0 Å². The lowest BCUT2D eigenvalue weighted by Crippen LogP contribution is -2.18. The monoisotopic (exact) mass is 287 g/mol. The largest absolute Gasteiger partial charge is 0.508 e. The molecule has 1 aliphatic rings. The van der Waals surface area contributed by atoms with E-state index in [1.54, 1.807) is 12.1 Å². The highest BCUT2D eigenvalue weighted by Crippen LogP contribution is 2.35. The van der Waals surface area contributed by atoms with Crippen LogP contribution in [-0.2, 0) is 4.79 Å². The van der Waals surface area contributed by atoms with Crippen LogP contribution in [0.25, 0.3) is 0 Å². The topological polar surface area (TPSA) is 58.6 Å². The van der Waals surface area contributed by atoms with Gasteiger partial charge in [0, 0.05) is 6.07 Å². The Morgan fingerprint density at radius 1 is 1.15 bits per heavy atom. The molecule has 0 spiro atoms. The number of carbonyl (C=O) groups is 1. The van der Waals surface area contributed by atoms with Gasteiger partial charge in [0.25, 0.3) is 0 Å². The van der Waals surface area contributed by atoms with Gasteiger partial charge in [0.1, 0.15) is 22.6 Å². The number of hydrogen-bond acceptors (Lipinski definition) is 4. The number of ether oxygens (including phenoxy) is 1. The van der Waals surface area contributed by atoms with E-state index in [1.807, 2.05) is 36.4 Å². The minimum Gasteiger partial charge on any atom is -0.508 e. The summed E-state index contributed by atoms with van der Waals surface area (Å²) in [4.78, 5) is 11.3. The van der Waals surface area contributed by atoms with Crippen molar-refractivity contribution in [1.82, 2.24) is 5.32 Å². The smallest absolute Gasteiger partial charge is 0.231 e. The van der Waals surface area contributed by atoms with Gasteiger partial charge in [-0.3, -0.25) is 4.79 Å². The number of thioether (sulfide) groups is 1. The molecule has 2 aromatic carbocycles. The second-order valence-corrected chi connectivity index (χ2v) is 5.53. The van der Waals surface area contributed by atoms with Gasteiger partial charge >= 0.3 is 0 Å². The van der Waals surface area contributed by atoms with Crippen molar-refractivity contribution in [2.45, 2.75) is 5.37 Å². The first-order valence-electron chi connectivity index (χ1n) is 6.18. The summed E-state index contributed by atoms with van der Waals surface area (Å²) >= 11 is 1.50. The van der Waals surface area contributed by atoms with Crippen LogP contribution in [0.5, 0.6) is 17.2 Å². The van der Waals surface area contributed by atoms with E-state index in [0.29, 0.717) is 17.3 Å². The first-order chi connectivity index (χ1) is 9.70. The summed E-state index contributed by atoms with van der Waals surface area (Å²) in [6.45, 7) is 0. The molecule has 20 heavy (non-hydrogen) atoms. The van der Waals surface area contributed by atoms with Gasteiger partial charge in [-0.2, -0.15) is 0 Å². The van der Waals surface area contributed by atoms with Gasteiger partial charge in [-0.1, -0.05) is 18.2 Å². The van der Waals surface area contributed by atoms with Crippen molar-refractivity contribution in [1.29, 1.82) is 0 Å². The zero-order chi connectivity index (χ0) is 13.9. The molecule has 1 amide bonds. The average molecular weight is 287 g/mol. The lowest BCUT2D eigenvalue weighted by Gasteiger charge is -2.13. The van der Waals surface area contributed by atoms with Crippen molar-refractivity contribution in [3.05, 3.63) is 54.1 Å². The highest BCUT2D eigenvalue weighted by Gasteiger charge is 2.23. The molecule has 1 aliphatic heterocycles. The van der Waals surface area contributed by atoms with E-state index in [0.717, 1.165) is 5.56 Å². The Kier molecular flexibility index (Phi) is 3.52. The van der Waals surface area contributed by atoms with Crippen LogP contribution in [0.2, 0.25) is 0 Å². The van der Waals surface area contributed by atoms with Gasteiger partial charge in [0.05, 0.1) is 5.75 Å². The van der Waals surface area contributed by atoms with Gasteiger partial charge < -0.3 is 15.2 Å². The third kappa shape index (κ3) is 2.88. The molecule has 2 N–H and O–H groups in total. The van der Waals surface area contributed by atoms with Crippen molar-refractivity contribution in [3.8, 4) is 17.2 Å². The predicted molar refractivity (Wildman–Crippen MR) is 78.0 cm³/mol. The summed E-state index contributed by atoms with van der Waals surface area (Å²) in [7, 11) is 0. The Labute approximate surface area is 120 Å². The van der Waals surface area contributed by atoms with Crippen LogP contribution >= 0.6 is 11.8 Å². The van der Waals surface area contributed by atoms with Crippen molar-refractivity contribution in [3.63, 3.8) is 0 Å². The summed E-state index contributed by atoms with van der Waals surface area (Å²) in [5, 5.41) is 12.5. The number of phenolic OH excluding ortho intramolecular Hbond substituents is 1. The standard InChI is InChI=1S/C15H13NO3S/c17-11-6-10(15-16-14(18)9-20-15)7-13(8-11)19-12-4-2-1-3-5-12/h1-8,15,17H,9H2,(H,16,18).